The Morgan fingerprint density at radius 3 is 2.95 bits per heavy atom. The second kappa shape index (κ2) is 5.76. The molecule has 0 saturated heterocycles. The second-order valence-electron chi connectivity index (χ2n) is 3.91. The zero-order valence-corrected chi connectivity index (χ0v) is 11.5. The lowest BCUT2D eigenvalue weighted by Crippen LogP contribution is -2.08. The third-order valence-corrected chi connectivity index (χ3v) is 3.82. The highest BCUT2D eigenvalue weighted by Crippen LogP contribution is 2.29. The zero-order chi connectivity index (χ0) is 13.8. The molecule has 0 N–H and O–H groups in total. The maximum Gasteiger partial charge on any atom is 0.315 e. The Labute approximate surface area is 115 Å². The highest BCUT2D eigenvalue weighted by atomic mass is 32.2. The average Bonchev–Trinajstić information content (AvgIpc) is 2.77. The van der Waals surface area contributed by atoms with Gasteiger partial charge in [0.05, 0.1) is 30.0 Å². The first kappa shape index (κ1) is 13.4. The van der Waals surface area contributed by atoms with Crippen LogP contribution in [0, 0.1) is 11.3 Å². The number of imidazole rings is 1. The number of ether oxygens (including phenoxy) is 1. The summed E-state index contributed by atoms with van der Waals surface area (Å²) in [6.45, 7) is 0. The van der Waals surface area contributed by atoms with Crippen molar-refractivity contribution in [2.24, 2.45) is 7.05 Å². The van der Waals surface area contributed by atoms with E-state index < -0.39 is 5.25 Å². The number of esters is 1. The van der Waals surface area contributed by atoms with Gasteiger partial charge in [0.2, 0.25) is 0 Å². The highest BCUT2D eigenvalue weighted by Gasteiger charge is 2.20. The molecule has 1 heterocycles. The summed E-state index contributed by atoms with van der Waals surface area (Å²) in [7, 11) is 3.20. The van der Waals surface area contributed by atoms with Crippen LogP contribution >= 0.6 is 11.8 Å². The molecule has 0 aliphatic carbocycles. The molecule has 0 bridgehead atoms. The Balaban J connectivity index is 2.28. The van der Waals surface area contributed by atoms with Crippen molar-refractivity contribution in [3.63, 3.8) is 0 Å². The first-order chi connectivity index (χ1) is 9.17. The summed E-state index contributed by atoms with van der Waals surface area (Å²) in [5, 5.41) is 8.75. The van der Waals surface area contributed by atoms with Gasteiger partial charge in [0.15, 0.2) is 5.25 Å². The normalized spacial score (nSPS) is 12.1. The Morgan fingerprint density at radius 2 is 2.32 bits per heavy atom. The quantitative estimate of drug-likeness (QED) is 0.799. The van der Waals surface area contributed by atoms with Gasteiger partial charge < -0.3 is 9.30 Å². The van der Waals surface area contributed by atoms with Crippen LogP contribution in [0.15, 0.2) is 24.3 Å². The highest BCUT2D eigenvalue weighted by molar-refractivity contribution is 8.00. The lowest BCUT2D eigenvalue weighted by molar-refractivity contribution is -0.137. The molecule has 6 heteroatoms. The number of para-hydroxylation sites is 2. The van der Waals surface area contributed by atoms with Crippen molar-refractivity contribution in [2.45, 2.75) is 5.25 Å². The molecule has 1 aromatic carbocycles. The summed E-state index contributed by atoms with van der Waals surface area (Å²) in [4.78, 5) is 15.6. The summed E-state index contributed by atoms with van der Waals surface area (Å²) in [5.74, 6) is 0.444. The molecule has 0 aliphatic rings. The molecular formula is C13H13N3O2S. The third kappa shape index (κ3) is 2.71. The van der Waals surface area contributed by atoms with Crippen LogP contribution in [-0.2, 0) is 16.6 Å². The minimum absolute atomic E-state index is 0.137. The Kier molecular flexibility index (Phi) is 4.07. The molecule has 0 saturated carbocycles. The Morgan fingerprint density at radius 1 is 1.58 bits per heavy atom. The third-order valence-electron chi connectivity index (χ3n) is 2.77. The lowest BCUT2D eigenvalue weighted by atomic mass is 10.3. The van der Waals surface area contributed by atoms with Crippen LogP contribution in [0.4, 0.5) is 0 Å². The molecule has 1 aromatic heterocycles. The molecule has 19 heavy (non-hydrogen) atoms. The van der Waals surface area contributed by atoms with Gasteiger partial charge in [0, 0.05) is 7.05 Å². The summed E-state index contributed by atoms with van der Waals surface area (Å²) in [5.41, 5.74) is 1.82. The molecule has 0 amide bonds. The molecule has 2 aromatic rings. The molecule has 1 unspecified atom stereocenters. The van der Waals surface area contributed by atoms with Crippen molar-refractivity contribution >= 4 is 28.8 Å². The minimum atomic E-state index is -0.489. The SMILES string of the molecule is COC(=O)CSC(C#N)c1nc2ccccc2n1C. The Bertz CT molecular complexity index is 645. The minimum Gasteiger partial charge on any atom is -0.468 e. The maximum atomic E-state index is 11.1. The standard InChI is InChI=1S/C13H13N3O2S/c1-16-10-6-4-3-5-9(10)15-13(16)11(7-14)19-8-12(17)18-2/h3-6,11H,8H2,1-2H3. The fourth-order valence-electron chi connectivity index (χ4n) is 1.78. The molecule has 2 rings (SSSR count). The van der Waals surface area contributed by atoms with E-state index in [0.29, 0.717) is 5.82 Å². The monoisotopic (exact) mass is 275 g/mol. The van der Waals surface area contributed by atoms with E-state index >= 15 is 0 Å². The molecule has 5 nitrogen and oxygen atoms in total. The predicted octanol–water partition coefficient (Wildman–Crippen LogP) is 2.04. The fourth-order valence-corrected chi connectivity index (χ4v) is 2.63. The van der Waals surface area contributed by atoms with E-state index in [1.54, 1.807) is 0 Å². The van der Waals surface area contributed by atoms with Crippen molar-refractivity contribution in [3.05, 3.63) is 30.1 Å². The number of carbonyl (C=O) groups excluding carboxylic acids is 1. The zero-order valence-electron chi connectivity index (χ0n) is 10.7. The van der Waals surface area contributed by atoms with E-state index in [4.69, 9.17) is 0 Å². The van der Waals surface area contributed by atoms with E-state index in [-0.39, 0.29) is 11.7 Å². The van der Waals surface area contributed by atoms with Crippen LogP contribution in [-0.4, -0.2) is 28.4 Å². The van der Waals surface area contributed by atoms with Crippen molar-refractivity contribution in [1.29, 1.82) is 5.26 Å². The fraction of sp³-hybridized carbons (Fsp3) is 0.308. The topological polar surface area (TPSA) is 67.9 Å². The van der Waals surface area contributed by atoms with E-state index in [0.717, 1.165) is 11.0 Å². The summed E-state index contributed by atoms with van der Waals surface area (Å²) in [6.07, 6.45) is 0. The lowest BCUT2D eigenvalue weighted by Gasteiger charge is -2.08. The number of carbonyl (C=O) groups is 1. The number of hydrogen-bond donors (Lipinski definition) is 0. The van der Waals surface area contributed by atoms with Crippen LogP contribution in [0.1, 0.15) is 11.1 Å². The smallest absolute Gasteiger partial charge is 0.315 e. The van der Waals surface area contributed by atoms with Gasteiger partial charge in [-0.15, -0.1) is 11.8 Å². The first-order valence-electron chi connectivity index (χ1n) is 5.66. The van der Waals surface area contributed by atoms with Gasteiger partial charge >= 0.3 is 5.97 Å². The number of fused-ring (bicyclic) bond motifs is 1. The maximum absolute atomic E-state index is 11.1. The molecule has 0 fully saturated rings. The van der Waals surface area contributed by atoms with Gasteiger partial charge in [0.25, 0.3) is 0 Å². The van der Waals surface area contributed by atoms with Crippen LogP contribution in [0.3, 0.4) is 0 Å². The van der Waals surface area contributed by atoms with Crippen LogP contribution in [0.2, 0.25) is 0 Å². The summed E-state index contributed by atoms with van der Waals surface area (Å²) in [6, 6.07) is 9.85. The number of rotatable bonds is 4. The van der Waals surface area contributed by atoms with Gasteiger partial charge in [-0.25, -0.2) is 4.98 Å². The summed E-state index contributed by atoms with van der Waals surface area (Å²) < 4.78 is 6.46. The van der Waals surface area contributed by atoms with Gasteiger partial charge in [-0.3, -0.25) is 4.79 Å². The van der Waals surface area contributed by atoms with Gasteiger partial charge in [0.1, 0.15) is 5.82 Å². The van der Waals surface area contributed by atoms with E-state index in [1.165, 1.54) is 18.9 Å². The Hall–Kier alpha value is -2.00. The number of nitrogens with zero attached hydrogens (tertiary/aromatic N) is 3. The van der Waals surface area contributed by atoms with E-state index in [2.05, 4.69) is 15.8 Å². The van der Waals surface area contributed by atoms with Gasteiger partial charge in [-0.05, 0) is 12.1 Å². The van der Waals surface area contributed by atoms with Crippen molar-refractivity contribution in [1.82, 2.24) is 9.55 Å². The van der Waals surface area contributed by atoms with Crippen LogP contribution < -0.4 is 0 Å². The molecular weight excluding hydrogens is 262 g/mol. The number of aryl methyl sites for hydroxylation is 1. The van der Waals surface area contributed by atoms with E-state index in [9.17, 15) is 10.1 Å². The first-order valence-corrected chi connectivity index (χ1v) is 6.71. The van der Waals surface area contributed by atoms with Crippen LogP contribution in [0.25, 0.3) is 11.0 Å². The second-order valence-corrected chi connectivity index (χ2v) is 5.01. The number of nitriles is 1. The van der Waals surface area contributed by atoms with Crippen molar-refractivity contribution < 1.29 is 9.53 Å². The number of aromatic nitrogens is 2. The van der Waals surface area contributed by atoms with Gasteiger partial charge in [-0.2, -0.15) is 5.26 Å². The molecule has 0 aliphatic heterocycles. The molecule has 0 radical (unpaired) electrons. The van der Waals surface area contributed by atoms with E-state index in [1.807, 2.05) is 35.9 Å². The van der Waals surface area contributed by atoms with Crippen molar-refractivity contribution in [2.75, 3.05) is 12.9 Å². The number of hydrogen-bond acceptors (Lipinski definition) is 5. The molecule has 1 atom stereocenters. The largest absolute Gasteiger partial charge is 0.468 e. The number of thioether (sulfide) groups is 1. The predicted molar refractivity (Wildman–Crippen MR) is 73.5 cm³/mol. The van der Waals surface area contributed by atoms with Gasteiger partial charge in [-0.1, -0.05) is 12.1 Å². The molecule has 98 valence electrons. The average molecular weight is 275 g/mol. The molecule has 0 spiro atoms. The van der Waals surface area contributed by atoms with Crippen molar-refractivity contribution in [3.8, 4) is 6.07 Å². The number of methoxy groups -OCH3 is 1. The van der Waals surface area contributed by atoms with Crippen LogP contribution in [0.5, 0.6) is 0 Å². The summed E-state index contributed by atoms with van der Waals surface area (Å²) >= 11 is 1.22. The number of benzene rings is 1.